The summed E-state index contributed by atoms with van der Waals surface area (Å²) in [4.78, 5) is 44.0. The summed E-state index contributed by atoms with van der Waals surface area (Å²) in [6.45, 7) is 5.07. The van der Waals surface area contributed by atoms with Crippen LogP contribution in [0.1, 0.15) is 61.0 Å². The molecule has 38 heavy (non-hydrogen) atoms. The van der Waals surface area contributed by atoms with Crippen LogP contribution < -0.4 is 4.74 Å². The Hall–Kier alpha value is -3.36. The molecule has 0 unspecified atom stereocenters. The third-order valence-electron chi connectivity index (χ3n) is 7.55. The molecule has 3 rings (SSSR count). The van der Waals surface area contributed by atoms with Crippen LogP contribution in [-0.4, -0.2) is 89.5 Å². The van der Waals surface area contributed by atoms with Crippen LogP contribution in [0, 0.1) is 13.8 Å². The fourth-order valence-corrected chi connectivity index (χ4v) is 4.95. The van der Waals surface area contributed by atoms with Gasteiger partial charge in [0.2, 0.25) is 11.8 Å². The first kappa shape index (κ1) is 29.2. The van der Waals surface area contributed by atoms with Crippen molar-refractivity contribution < 1.29 is 19.1 Å². The summed E-state index contributed by atoms with van der Waals surface area (Å²) in [5.74, 6) is 0.555. The van der Waals surface area contributed by atoms with Gasteiger partial charge in [-0.1, -0.05) is 18.2 Å². The number of amides is 3. The van der Waals surface area contributed by atoms with E-state index in [4.69, 9.17) is 4.74 Å². The molecule has 0 fully saturated rings. The molecular weight excluding hydrogens is 482 g/mol. The average Bonchev–Trinajstić information content (AvgIpc) is 3.24. The minimum Gasteiger partial charge on any atom is -0.483 e. The second-order valence-corrected chi connectivity index (χ2v) is 10.4. The van der Waals surface area contributed by atoms with Crippen molar-refractivity contribution in [3.05, 3.63) is 46.8 Å². The summed E-state index contributed by atoms with van der Waals surface area (Å²) in [7, 11) is 5.32. The summed E-state index contributed by atoms with van der Waals surface area (Å²) in [5.41, 5.74) is 4.14. The van der Waals surface area contributed by atoms with Crippen molar-refractivity contribution in [1.82, 2.24) is 24.9 Å². The van der Waals surface area contributed by atoms with Gasteiger partial charge in [-0.25, -0.2) is 0 Å². The van der Waals surface area contributed by atoms with Crippen LogP contribution >= 0.6 is 0 Å². The van der Waals surface area contributed by atoms with E-state index in [0.29, 0.717) is 32.4 Å². The molecule has 1 aliphatic rings. The van der Waals surface area contributed by atoms with Gasteiger partial charge < -0.3 is 19.4 Å². The number of carbonyl (C=O) groups excluding carboxylic acids is 3. The highest BCUT2D eigenvalue weighted by Crippen LogP contribution is 2.21. The lowest BCUT2D eigenvalue weighted by Crippen LogP contribution is -2.49. The monoisotopic (exact) mass is 525 g/mol. The molecule has 9 nitrogen and oxygen atoms in total. The molecule has 0 radical (unpaired) electrons. The van der Waals surface area contributed by atoms with Gasteiger partial charge >= 0.3 is 0 Å². The minimum atomic E-state index is -0.555. The first-order valence-electron chi connectivity index (χ1n) is 13.6. The number of aryl methyl sites for hydroxylation is 3. The zero-order chi connectivity index (χ0) is 27.7. The molecule has 0 bridgehead atoms. The van der Waals surface area contributed by atoms with Gasteiger partial charge in [0, 0.05) is 46.3 Å². The highest BCUT2D eigenvalue weighted by atomic mass is 16.5. The van der Waals surface area contributed by atoms with Gasteiger partial charge in [0.05, 0.1) is 5.69 Å². The SMILES string of the molecule is Cc1n[nH]c(C)c1CCC(=O)N(C)CCCC[C@H]1C(=O)N(C)CCCCc2ccccc2OCC(=O)N1C. The molecule has 1 N–H and O–H groups in total. The number of likely N-dealkylation sites (N-methyl/N-ethyl adjacent to an activating group) is 2. The number of benzene rings is 1. The number of H-pyrrole nitrogens is 1. The predicted octanol–water partition coefficient (Wildman–Crippen LogP) is 3.29. The number of hydrogen-bond donors (Lipinski definition) is 1. The number of carbonyl (C=O) groups is 3. The third-order valence-corrected chi connectivity index (χ3v) is 7.55. The molecule has 2 heterocycles. The molecule has 1 aromatic heterocycles. The standard InChI is InChI=1S/C29H43N5O4/c1-21-24(22(2)31-30-21)16-17-27(35)32(3)18-11-9-14-25-29(37)33(4)19-10-8-13-23-12-6-7-15-26(23)38-20-28(36)34(25)5/h6-7,12,15,25H,8-11,13-14,16-20H2,1-5H3,(H,30,31)/t25-/m0/s1. The van der Waals surface area contributed by atoms with E-state index in [2.05, 4.69) is 10.2 Å². The maximum atomic E-state index is 13.3. The lowest BCUT2D eigenvalue weighted by Gasteiger charge is -2.31. The molecule has 0 saturated carbocycles. The molecule has 0 spiro atoms. The summed E-state index contributed by atoms with van der Waals surface area (Å²) in [6.07, 6.45) is 5.78. The molecule has 208 valence electrons. The number of rotatable bonds is 8. The Kier molecular flexibility index (Phi) is 10.7. The van der Waals surface area contributed by atoms with Gasteiger partial charge in [0.15, 0.2) is 6.61 Å². The van der Waals surface area contributed by atoms with Gasteiger partial charge in [-0.05, 0) is 76.0 Å². The Morgan fingerprint density at radius 2 is 1.92 bits per heavy atom. The van der Waals surface area contributed by atoms with Crippen molar-refractivity contribution in [1.29, 1.82) is 0 Å². The number of nitrogens with one attached hydrogen (secondary N) is 1. The number of para-hydroxylation sites is 1. The Labute approximate surface area is 226 Å². The van der Waals surface area contributed by atoms with Crippen molar-refractivity contribution >= 4 is 17.7 Å². The Morgan fingerprint density at radius 1 is 1.16 bits per heavy atom. The molecule has 0 aliphatic carbocycles. The maximum absolute atomic E-state index is 13.3. The molecule has 1 aliphatic heterocycles. The van der Waals surface area contributed by atoms with E-state index < -0.39 is 6.04 Å². The second-order valence-electron chi connectivity index (χ2n) is 10.4. The molecule has 0 saturated heterocycles. The molecule has 9 heteroatoms. The van der Waals surface area contributed by atoms with Gasteiger partial charge in [0.25, 0.3) is 5.91 Å². The number of hydrogen-bond acceptors (Lipinski definition) is 5. The van der Waals surface area contributed by atoms with Crippen LogP contribution in [0.2, 0.25) is 0 Å². The fourth-order valence-electron chi connectivity index (χ4n) is 4.95. The van der Waals surface area contributed by atoms with Crippen LogP contribution in [0.5, 0.6) is 5.75 Å². The van der Waals surface area contributed by atoms with Crippen LogP contribution in [0.3, 0.4) is 0 Å². The topological polar surface area (TPSA) is 98.8 Å². The number of aromatic nitrogens is 2. The minimum absolute atomic E-state index is 0.0482. The van der Waals surface area contributed by atoms with Gasteiger partial charge in [-0.2, -0.15) is 5.10 Å². The lowest BCUT2D eigenvalue weighted by molar-refractivity contribution is -0.145. The van der Waals surface area contributed by atoms with Crippen molar-refractivity contribution in [3.63, 3.8) is 0 Å². The molecule has 1 atom stereocenters. The van der Waals surface area contributed by atoms with Gasteiger partial charge in [0.1, 0.15) is 11.8 Å². The number of ether oxygens (including phenoxy) is 1. The number of aromatic amines is 1. The molecule has 2 aromatic rings. The highest BCUT2D eigenvalue weighted by molar-refractivity contribution is 5.88. The lowest BCUT2D eigenvalue weighted by atomic mass is 10.1. The van der Waals surface area contributed by atoms with E-state index in [1.165, 1.54) is 4.90 Å². The summed E-state index contributed by atoms with van der Waals surface area (Å²) >= 11 is 0. The molecular formula is C29H43N5O4. The first-order valence-corrected chi connectivity index (χ1v) is 13.6. The fraction of sp³-hybridized carbons (Fsp3) is 0.586. The van der Waals surface area contributed by atoms with Crippen LogP contribution in [0.15, 0.2) is 24.3 Å². The summed E-state index contributed by atoms with van der Waals surface area (Å²) in [5, 5.41) is 7.16. The smallest absolute Gasteiger partial charge is 0.260 e. The number of unbranched alkanes of at least 4 members (excludes halogenated alkanes) is 1. The second kappa shape index (κ2) is 14.0. The zero-order valence-electron chi connectivity index (χ0n) is 23.6. The Morgan fingerprint density at radius 3 is 2.66 bits per heavy atom. The Balaban J connectivity index is 1.54. The van der Waals surface area contributed by atoms with Gasteiger partial charge in [-0.3, -0.25) is 19.5 Å². The Bertz CT molecular complexity index is 1080. The highest BCUT2D eigenvalue weighted by Gasteiger charge is 2.29. The van der Waals surface area contributed by atoms with Crippen LogP contribution in [0.25, 0.3) is 0 Å². The van der Waals surface area contributed by atoms with Crippen molar-refractivity contribution in [2.45, 2.75) is 71.3 Å². The largest absolute Gasteiger partial charge is 0.483 e. The third kappa shape index (κ3) is 7.82. The summed E-state index contributed by atoms with van der Waals surface area (Å²) < 4.78 is 5.88. The average molecular weight is 526 g/mol. The first-order chi connectivity index (χ1) is 18.2. The number of fused-ring (bicyclic) bond motifs is 1. The van der Waals surface area contributed by atoms with E-state index in [1.807, 2.05) is 52.2 Å². The van der Waals surface area contributed by atoms with Crippen molar-refractivity contribution in [2.75, 3.05) is 40.8 Å². The summed E-state index contributed by atoms with van der Waals surface area (Å²) in [6, 6.07) is 7.26. The van der Waals surface area contributed by atoms with E-state index in [1.54, 1.807) is 16.8 Å². The molecule has 3 amide bonds. The maximum Gasteiger partial charge on any atom is 0.260 e. The number of nitrogens with zero attached hydrogens (tertiary/aromatic N) is 4. The predicted molar refractivity (Wildman–Crippen MR) is 147 cm³/mol. The normalized spacial score (nSPS) is 17.2. The van der Waals surface area contributed by atoms with Crippen LogP contribution in [0.4, 0.5) is 0 Å². The van der Waals surface area contributed by atoms with Crippen molar-refractivity contribution in [3.8, 4) is 5.75 Å². The molecule has 1 aromatic carbocycles. The van der Waals surface area contributed by atoms with Crippen LogP contribution in [-0.2, 0) is 27.2 Å². The van der Waals surface area contributed by atoms with Crippen molar-refractivity contribution in [2.24, 2.45) is 0 Å². The van der Waals surface area contributed by atoms with E-state index in [9.17, 15) is 14.4 Å². The van der Waals surface area contributed by atoms with Gasteiger partial charge in [-0.15, -0.1) is 0 Å². The van der Waals surface area contributed by atoms with E-state index >= 15 is 0 Å². The van der Waals surface area contributed by atoms with E-state index in [0.717, 1.165) is 60.4 Å². The quantitative estimate of drug-likeness (QED) is 0.534. The van der Waals surface area contributed by atoms with E-state index in [-0.39, 0.29) is 24.3 Å². The zero-order valence-corrected chi connectivity index (χ0v) is 23.6.